The van der Waals surface area contributed by atoms with Gasteiger partial charge in [0, 0.05) is 28.7 Å². The van der Waals surface area contributed by atoms with E-state index in [2.05, 4.69) is 0 Å². The minimum atomic E-state index is -1.04. The highest BCUT2D eigenvalue weighted by molar-refractivity contribution is 6.35. The third-order valence-corrected chi connectivity index (χ3v) is 4.67. The molecule has 0 fully saturated rings. The number of carboxylic acid groups (broad SMARTS) is 1. The normalized spacial score (nSPS) is 13.7. The topological polar surface area (TPSA) is 70.7 Å². The lowest BCUT2D eigenvalue weighted by Gasteiger charge is -2.29. The van der Waals surface area contributed by atoms with Gasteiger partial charge in [0.25, 0.3) is 5.91 Å². The van der Waals surface area contributed by atoms with Crippen LogP contribution in [0.15, 0.2) is 22.8 Å². The molecule has 0 spiro atoms. The molecule has 24 heavy (non-hydrogen) atoms. The van der Waals surface area contributed by atoms with Crippen LogP contribution in [0.2, 0.25) is 10.0 Å². The Kier molecular flexibility index (Phi) is 4.56. The summed E-state index contributed by atoms with van der Waals surface area (Å²) in [6, 6.07) is 3.51. The summed E-state index contributed by atoms with van der Waals surface area (Å²) in [4.78, 5) is 25.5. The van der Waals surface area contributed by atoms with Gasteiger partial charge in [-0.15, -0.1) is 0 Å². The van der Waals surface area contributed by atoms with E-state index in [4.69, 9.17) is 32.7 Å². The molecule has 1 aromatic carbocycles. The summed E-state index contributed by atoms with van der Waals surface area (Å²) in [5, 5.41) is 10.1. The summed E-state index contributed by atoms with van der Waals surface area (Å²) in [6.45, 7) is 2.61. The number of aliphatic carboxylic acids is 1. The highest BCUT2D eigenvalue weighted by Crippen LogP contribution is 2.31. The van der Waals surface area contributed by atoms with Gasteiger partial charge in [-0.3, -0.25) is 9.59 Å². The van der Waals surface area contributed by atoms with E-state index in [1.807, 2.05) is 6.07 Å². The molecule has 2 heterocycles. The zero-order valence-electron chi connectivity index (χ0n) is 12.9. The third kappa shape index (κ3) is 3.14. The van der Waals surface area contributed by atoms with E-state index in [1.165, 1.54) is 6.26 Å². The summed E-state index contributed by atoms with van der Waals surface area (Å²) in [6.07, 6.45) is 1.72. The summed E-state index contributed by atoms with van der Waals surface area (Å²) in [5.41, 5.74) is 2.87. The van der Waals surface area contributed by atoms with Crippen molar-refractivity contribution in [2.75, 3.05) is 6.54 Å². The van der Waals surface area contributed by atoms with E-state index >= 15 is 0 Å². The van der Waals surface area contributed by atoms with Crippen molar-refractivity contribution in [1.82, 2.24) is 4.90 Å². The number of fused-ring (bicyclic) bond motifs is 1. The van der Waals surface area contributed by atoms with Crippen molar-refractivity contribution < 1.29 is 19.1 Å². The quantitative estimate of drug-likeness (QED) is 0.897. The van der Waals surface area contributed by atoms with E-state index in [0.717, 1.165) is 11.1 Å². The predicted octanol–water partition coefficient (Wildman–Crippen LogP) is 3.72. The Hall–Kier alpha value is -1.98. The molecule has 1 N–H and O–H groups in total. The van der Waals surface area contributed by atoms with Gasteiger partial charge in [-0.25, -0.2) is 0 Å². The number of carboxylic acids is 1. The summed E-state index contributed by atoms with van der Waals surface area (Å²) in [7, 11) is 0. The number of amides is 1. The molecule has 1 amide bonds. The van der Waals surface area contributed by atoms with Crippen LogP contribution in [0.5, 0.6) is 0 Å². The van der Waals surface area contributed by atoms with Gasteiger partial charge in [0.2, 0.25) is 0 Å². The Bertz CT molecular complexity index is 828. The molecule has 0 atom stereocenters. The fourth-order valence-corrected chi connectivity index (χ4v) is 3.62. The highest BCUT2D eigenvalue weighted by atomic mass is 35.5. The average molecular weight is 368 g/mol. The molecule has 126 valence electrons. The molecule has 0 bridgehead atoms. The first kappa shape index (κ1) is 16.9. The lowest BCUT2D eigenvalue weighted by molar-refractivity contribution is -0.136. The average Bonchev–Trinajstić information content (AvgIpc) is 2.85. The molecule has 0 aliphatic carbocycles. The number of furan rings is 1. The molecule has 1 aliphatic rings. The Balaban J connectivity index is 1.90. The largest absolute Gasteiger partial charge is 0.481 e. The van der Waals surface area contributed by atoms with Crippen LogP contribution in [-0.4, -0.2) is 28.4 Å². The zero-order valence-corrected chi connectivity index (χ0v) is 14.4. The molecule has 0 radical (unpaired) electrons. The fraction of sp³-hybridized carbons (Fsp3) is 0.294. The van der Waals surface area contributed by atoms with Gasteiger partial charge in [-0.1, -0.05) is 23.2 Å². The number of halogens is 2. The lowest BCUT2D eigenvalue weighted by atomic mass is 9.98. The molecule has 1 aliphatic heterocycles. The summed E-state index contributed by atoms with van der Waals surface area (Å²) in [5.74, 6) is -1.10. The number of hydrogen-bond acceptors (Lipinski definition) is 3. The van der Waals surface area contributed by atoms with Gasteiger partial charge < -0.3 is 14.4 Å². The van der Waals surface area contributed by atoms with E-state index in [9.17, 15) is 9.59 Å². The Morgan fingerprint density at radius 1 is 1.33 bits per heavy atom. The van der Waals surface area contributed by atoms with Crippen LogP contribution in [-0.2, 0) is 24.2 Å². The number of carbonyl (C=O) groups is 2. The van der Waals surface area contributed by atoms with E-state index < -0.39 is 5.97 Å². The van der Waals surface area contributed by atoms with Gasteiger partial charge in [-0.05, 0) is 36.6 Å². The summed E-state index contributed by atoms with van der Waals surface area (Å²) >= 11 is 12.3. The fourth-order valence-electron chi connectivity index (χ4n) is 2.99. The second-order valence-corrected chi connectivity index (χ2v) is 6.63. The molecule has 2 aromatic rings. The first-order chi connectivity index (χ1) is 11.4. The van der Waals surface area contributed by atoms with Crippen molar-refractivity contribution in [1.29, 1.82) is 0 Å². The minimum absolute atomic E-state index is 0.180. The number of benzene rings is 1. The first-order valence-corrected chi connectivity index (χ1v) is 8.17. The molecule has 3 rings (SSSR count). The molecular formula is C17H15Cl2NO4. The first-order valence-electron chi connectivity index (χ1n) is 7.41. The predicted molar refractivity (Wildman–Crippen MR) is 89.7 cm³/mol. The van der Waals surface area contributed by atoms with Crippen molar-refractivity contribution in [3.05, 3.63) is 56.5 Å². The maximum absolute atomic E-state index is 12.9. The SMILES string of the molecule is Cc1coc(CC(=O)O)c1C(=O)N1CCc2c(Cl)cc(Cl)cc2C1. The number of carbonyl (C=O) groups excluding carboxylic acids is 1. The van der Waals surface area contributed by atoms with Crippen molar-refractivity contribution in [2.45, 2.75) is 26.3 Å². The van der Waals surface area contributed by atoms with Crippen LogP contribution in [0.25, 0.3) is 0 Å². The molecule has 1 aromatic heterocycles. The smallest absolute Gasteiger partial charge is 0.311 e. The second kappa shape index (κ2) is 6.49. The van der Waals surface area contributed by atoms with Crippen LogP contribution in [0.1, 0.15) is 32.8 Å². The molecule has 0 saturated heterocycles. The van der Waals surface area contributed by atoms with Crippen LogP contribution in [0.4, 0.5) is 0 Å². The number of aryl methyl sites for hydroxylation is 1. The van der Waals surface area contributed by atoms with E-state index in [0.29, 0.717) is 40.7 Å². The molecule has 0 unspecified atom stereocenters. The van der Waals surface area contributed by atoms with Gasteiger partial charge in [0.05, 0.1) is 11.8 Å². The number of rotatable bonds is 3. The zero-order chi connectivity index (χ0) is 17.4. The number of hydrogen-bond donors (Lipinski definition) is 1. The van der Waals surface area contributed by atoms with Crippen molar-refractivity contribution in [2.24, 2.45) is 0 Å². The van der Waals surface area contributed by atoms with Gasteiger partial charge in [0.1, 0.15) is 12.2 Å². The second-order valence-electron chi connectivity index (χ2n) is 5.79. The highest BCUT2D eigenvalue weighted by Gasteiger charge is 2.28. The van der Waals surface area contributed by atoms with Crippen molar-refractivity contribution >= 4 is 35.1 Å². The maximum Gasteiger partial charge on any atom is 0.311 e. The Morgan fingerprint density at radius 2 is 2.08 bits per heavy atom. The van der Waals surface area contributed by atoms with Crippen molar-refractivity contribution in [3.8, 4) is 0 Å². The van der Waals surface area contributed by atoms with Crippen LogP contribution >= 0.6 is 23.2 Å². The van der Waals surface area contributed by atoms with Crippen LogP contribution < -0.4 is 0 Å². The van der Waals surface area contributed by atoms with Crippen LogP contribution in [0, 0.1) is 6.92 Å². The number of nitrogens with zero attached hydrogens (tertiary/aromatic N) is 1. The lowest BCUT2D eigenvalue weighted by Crippen LogP contribution is -2.36. The third-order valence-electron chi connectivity index (χ3n) is 4.11. The Morgan fingerprint density at radius 3 is 2.79 bits per heavy atom. The maximum atomic E-state index is 12.9. The summed E-state index contributed by atoms with van der Waals surface area (Å²) < 4.78 is 5.26. The van der Waals surface area contributed by atoms with E-state index in [-0.39, 0.29) is 18.1 Å². The molecular weight excluding hydrogens is 353 g/mol. The molecule has 0 saturated carbocycles. The van der Waals surface area contributed by atoms with Crippen LogP contribution in [0.3, 0.4) is 0 Å². The van der Waals surface area contributed by atoms with Gasteiger partial charge in [0.15, 0.2) is 0 Å². The monoisotopic (exact) mass is 367 g/mol. The van der Waals surface area contributed by atoms with E-state index in [1.54, 1.807) is 17.9 Å². The Labute approximate surface area is 148 Å². The minimum Gasteiger partial charge on any atom is -0.481 e. The standard InChI is InChI=1S/C17H15Cl2NO4/c1-9-8-24-14(6-15(21)22)16(9)17(23)20-3-2-12-10(7-20)4-11(18)5-13(12)19/h4-5,8H,2-3,6-7H2,1H3,(H,21,22). The van der Waals surface area contributed by atoms with Gasteiger partial charge >= 0.3 is 5.97 Å². The van der Waals surface area contributed by atoms with Crippen molar-refractivity contribution in [3.63, 3.8) is 0 Å². The van der Waals surface area contributed by atoms with Gasteiger partial charge in [-0.2, -0.15) is 0 Å². The molecule has 5 nitrogen and oxygen atoms in total. The molecule has 7 heteroatoms.